The highest BCUT2D eigenvalue weighted by Crippen LogP contribution is 2.57. The van der Waals surface area contributed by atoms with Gasteiger partial charge in [0.1, 0.15) is 23.0 Å². The van der Waals surface area contributed by atoms with Crippen LogP contribution in [0.4, 0.5) is 10.1 Å². The summed E-state index contributed by atoms with van der Waals surface area (Å²) in [7, 11) is 1.54. The molecule has 32 heavy (non-hydrogen) atoms. The molecule has 4 unspecified atom stereocenters. The first-order valence-electron chi connectivity index (χ1n) is 10.4. The second kappa shape index (κ2) is 7.85. The Morgan fingerprint density at radius 2 is 2.00 bits per heavy atom. The van der Waals surface area contributed by atoms with Crippen molar-refractivity contribution in [2.45, 2.75) is 50.6 Å². The number of nitrogens with one attached hydrogen (secondary N) is 2. The number of benzene rings is 2. The molecule has 0 saturated carbocycles. The van der Waals surface area contributed by atoms with Gasteiger partial charge in [-0.05, 0) is 51.0 Å². The number of rotatable bonds is 4. The number of hydrogen-bond donors (Lipinski definition) is 3. The van der Waals surface area contributed by atoms with Crippen LogP contribution in [0.1, 0.15) is 44.2 Å². The number of anilines is 1. The Bertz CT molecular complexity index is 1100. The highest BCUT2D eigenvalue weighted by atomic mass is 79.9. The van der Waals surface area contributed by atoms with E-state index in [0.717, 1.165) is 0 Å². The largest absolute Gasteiger partial charge is 0.497 e. The van der Waals surface area contributed by atoms with Crippen molar-refractivity contribution in [3.8, 4) is 5.75 Å². The Hall–Kier alpha value is -2.45. The number of aliphatic carboxylic acids is 1. The van der Waals surface area contributed by atoms with Crippen LogP contribution in [0.25, 0.3) is 0 Å². The van der Waals surface area contributed by atoms with Gasteiger partial charge >= 0.3 is 5.97 Å². The third-order valence-electron chi connectivity index (χ3n) is 6.45. The molecular formula is C24H26BrFN2O4. The highest BCUT2D eigenvalue weighted by Gasteiger charge is 2.66. The summed E-state index contributed by atoms with van der Waals surface area (Å²) < 4.78 is 20.9. The average Bonchev–Trinajstić information content (AvgIpc) is 3.19. The zero-order valence-electron chi connectivity index (χ0n) is 18.3. The number of fused-ring (bicyclic) bond motifs is 2. The number of methoxy groups -OCH3 is 1. The molecule has 2 aliphatic rings. The monoisotopic (exact) mass is 504 g/mol. The van der Waals surface area contributed by atoms with Gasteiger partial charge < -0.3 is 15.2 Å². The number of carboxylic acids is 1. The molecule has 4 rings (SSSR count). The summed E-state index contributed by atoms with van der Waals surface area (Å²) in [6, 6.07) is 8.37. The van der Waals surface area contributed by atoms with Crippen LogP contribution >= 0.6 is 15.9 Å². The summed E-state index contributed by atoms with van der Waals surface area (Å²) in [4.78, 5) is 26.2. The van der Waals surface area contributed by atoms with E-state index in [4.69, 9.17) is 4.74 Å². The van der Waals surface area contributed by atoms with Gasteiger partial charge in [0, 0.05) is 23.7 Å². The maximum Gasteiger partial charge on any atom is 0.321 e. The fourth-order valence-electron chi connectivity index (χ4n) is 5.27. The van der Waals surface area contributed by atoms with Gasteiger partial charge in [0.2, 0.25) is 5.91 Å². The van der Waals surface area contributed by atoms with Gasteiger partial charge in [0.05, 0.1) is 11.6 Å². The molecule has 2 aromatic rings. The van der Waals surface area contributed by atoms with Crippen molar-refractivity contribution in [3.63, 3.8) is 0 Å². The smallest absolute Gasteiger partial charge is 0.321 e. The van der Waals surface area contributed by atoms with Crippen LogP contribution in [0.15, 0.2) is 40.9 Å². The minimum Gasteiger partial charge on any atom is -0.497 e. The molecule has 1 saturated heterocycles. The topological polar surface area (TPSA) is 87.7 Å². The molecule has 0 aliphatic carbocycles. The van der Waals surface area contributed by atoms with Gasteiger partial charge in [0.15, 0.2) is 0 Å². The van der Waals surface area contributed by atoms with E-state index < -0.39 is 35.2 Å². The molecular weight excluding hydrogens is 479 g/mol. The Morgan fingerprint density at radius 1 is 1.28 bits per heavy atom. The summed E-state index contributed by atoms with van der Waals surface area (Å²) in [5, 5.41) is 16.3. The van der Waals surface area contributed by atoms with Crippen molar-refractivity contribution in [1.29, 1.82) is 0 Å². The Morgan fingerprint density at radius 3 is 2.62 bits per heavy atom. The number of carboxylic acid groups (broad SMARTS) is 1. The van der Waals surface area contributed by atoms with E-state index in [0.29, 0.717) is 23.4 Å². The number of amides is 1. The van der Waals surface area contributed by atoms with Crippen molar-refractivity contribution >= 4 is 33.5 Å². The third-order valence-corrected chi connectivity index (χ3v) is 7.06. The van der Waals surface area contributed by atoms with Crippen molar-refractivity contribution < 1.29 is 23.8 Å². The van der Waals surface area contributed by atoms with Crippen LogP contribution in [-0.4, -0.2) is 36.2 Å². The number of carbonyl (C=O) groups is 2. The molecule has 0 aromatic heterocycles. The molecule has 1 spiro atoms. The first-order chi connectivity index (χ1) is 15.0. The van der Waals surface area contributed by atoms with Gasteiger partial charge in [-0.3, -0.25) is 14.9 Å². The van der Waals surface area contributed by atoms with E-state index in [1.807, 2.05) is 20.8 Å². The first kappa shape index (κ1) is 22.7. The van der Waals surface area contributed by atoms with Gasteiger partial charge in [-0.25, -0.2) is 4.39 Å². The summed E-state index contributed by atoms with van der Waals surface area (Å²) in [6.45, 7) is 6.10. The van der Waals surface area contributed by atoms with Crippen molar-refractivity contribution in [3.05, 3.63) is 57.8 Å². The fourth-order valence-corrected chi connectivity index (χ4v) is 5.65. The summed E-state index contributed by atoms with van der Waals surface area (Å²) in [5.74, 6) is -2.41. The minimum absolute atomic E-state index is 0.189. The second-order valence-corrected chi connectivity index (χ2v) is 10.5. The van der Waals surface area contributed by atoms with Crippen LogP contribution in [0.2, 0.25) is 0 Å². The van der Waals surface area contributed by atoms with E-state index in [9.17, 15) is 14.7 Å². The summed E-state index contributed by atoms with van der Waals surface area (Å²) >= 11 is 3.22. The lowest BCUT2D eigenvalue weighted by Gasteiger charge is -2.37. The quantitative estimate of drug-likeness (QED) is 0.573. The minimum atomic E-state index is -1.31. The molecule has 2 aliphatic heterocycles. The fraction of sp³-hybridized carbons (Fsp3) is 0.417. The molecule has 2 aromatic carbocycles. The highest BCUT2D eigenvalue weighted by molar-refractivity contribution is 9.10. The van der Waals surface area contributed by atoms with Crippen LogP contribution < -0.4 is 15.4 Å². The molecule has 4 atom stereocenters. The van der Waals surface area contributed by atoms with E-state index in [1.54, 1.807) is 36.4 Å². The van der Waals surface area contributed by atoms with Crippen LogP contribution in [-0.2, 0) is 15.0 Å². The Labute approximate surface area is 194 Å². The zero-order chi connectivity index (χ0) is 23.4. The van der Waals surface area contributed by atoms with Crippen molar-refractivity contribution in [2.75, 3.05) is 12.4 Å². The maximum absolute atomic E-state index is 15.4. The third kappa shape index (κ3) is 3.40. The molecule has 0 bridgehead atoms. The second-order valence-electron chi connectivity index (χ2n) is 9.66. The van der Waals surface area contributed by atoms with Crippen molar-refractivity contribution in [1.82, 2.24) is 5.32 Å². The van der Waals surface area contributed by atoms with Gasteiger partial charge in [-0.1, -0.05) is 39.0 Å². The van der Waals surface area contributed by atoms with Crippen LogP contribution in [0, 0.1) is 11.2 Å². The Balaban J connectivity index is 2.03. The number of hydrogen-bond acceptors (Lipinski definition) is 4. The number of carbonyl (C=O) groups excluding carboxylic acids is 1. The van der Waals surface area contributed by atoms with E-state index in [-0.39, 0.29) is 21.4 Å². The molecule has 8 heteroatoms. The van der Waals surface area contributed by atoms with Crippen molar-refractivity contribution in [2.24, 2.45) is 5.41 Å². The molecule has 2 heterocycles. The van der Waals surface area contributed by atoms with Gasteiger partial charge in [0.25, 0.3) is 0 Å². The first-order valence-corrected chi connectivity index (χ1v) is 11.2. The molecule has 1 fully saturated rings. The molecule has 3 N–H and O–H groups in total. The van der Waals surface area contributed by atoms with Gasteiger partial charge in [-0.2, -0.15) is 0 Å². The predicted molar refractivity (Wildman–Crippen MR) is 123 cm³/mol. The van der Waals surface area contributed by atoms with E-state index in [1.165, 1.54) is 7.11 Å². The predicted octanol–water partition coefficient (Wildman–Crippen LogP) is 4.43. The van der Waals surface area contributed by atoms with E-state index in [2.05, 4.69) is 26.6 Å². The zero-order valence-corrected chi connectivity index (χ0v) is 19.9. The summed E-state index contributed by atoms with van der Waals surface area (Å²) in [6.07, 6.45) is 0.516. The maximum atomic E-state index is 15.4. The SMILES string of the molecule is COc1ccc2c(c1)NC(=O)C21C(CC(C)(C)C)NC(C(=O)O)C1c1cccc(Br)c1F. The average molecular weight is 505 g/mol. The standard InChI is InChI=1S/C24H26BrFN2O4/c1-23(2,3)11-17-24(14-9-8-12(32-4)10-16(14)27-22(24)31)18(20(28-17)21(29)30)13-6-5-7-15(25)19(13)26/h5-10,17-18,20,28H,11H2,1-4H3,(H,27,31)(H,29,30). The molecule has 0 radical (unpaired) electrons. The molecule has 1 amide bonds. The van der Waals surface area contributed by atoms with E-state index >= 15 is 4.39 Å². The lowest BCUT2D eigenvalue weighted by molar-refractivity contribution is -0.139. The number of ether oxygens (including phenoxy) is 1. The number of halogens is 2. The lowest BCUT2D eigenvalue weighted by Crippen LogP contribution is -2.49. The summed E-state index contributed by atoms with van der Waals surface area (Å²) in [5.41, 5.74) is -0.123. The molecule has 6 nitrogen and oxygen atoms in total. The lowest BCUT2D eigenvalue weighted by atomic mass is 9.62. The van der Waals surface area contributed by atoms with Crippen LogP contribution in [0.3, 0.4) is 0 Å². The molecule has 170 valence electrons. The van der Waals surface area contributed by atoms with Crippen LogP contribution in [0.5, 0.6) is 5.75 Å². The normalized spacial score (nSPS) is 26.8. The van der Waals surface area contributed by atoms with Gasteiger partial charge in [-0.15, -0.1) is 0 Å². The Kier molecular flexibility index (Phi) is 5.57.